The standard InChI is InChI=1S/C31H34FN7O12S6/c1-4-5-17-12-38(11-16-6-8-20(32)9-7-16)30(41)21(23(17)40)26-34-29-25(57(50,51)36-26)19(15-53-29)13-39(55(3,46)47)22(31(42)43)27-35-28-24(56(48,49)37-27)18(14-52-28)10-33-54(2,44)45/h6-9,14-15,17,22,33,40H,4-5,10-13H2,1-3H3,(H,34,36)(H,35,37)(H,42,43). The molecule has 0 radical (unpaired) electrons. The molecule has 3 aliphatic heterocycles. The first-order chi connectivity index (χ1) is 26.5. The van der Waals surface area contributed by atoms with Gasteiger partial charge < -0.3 is 25.7 Å². The molecule has 0 bridgehead atoms. The molecule has 6 rings (SSSR count). The van der Waals surface area contributed by atoms with Gasteiger partial charge in [-0.05, 0) is 34.9 Å². The lowest BCUT2D eigenvalue weighted by molar-refractivity contribution is -0.139. The molecule has 2 aromatic heterocycles. The number of aliphatic hydroxyl groups excluding tert-OH is 1. The van der Waals surface area contributed by atoms with E-state index < -0.39 is 116 Å². The van der Waals surface area contributed by atoms with Crippen LogP contribution in [0.2, 0.25) is 0 Å². The third-order valence-corrected chi connectivity index (χ3v) is 15.7. The highest BCUT2D eigenvalue weighted by Gasteiger charge is 2.44. The van der Waals surface area contributed by atoms with E-state index in [0.29, 0.717) is 29.0 Å². The molecule has 3 aliphatic rings. The maximum Gasteiger partial charge on any atom is 0.329 e. The zero-order chi connectivity index (χ0) is 41.8. The molecule has 0 fully saturated rings. The largest absolute Gasteiger partial charge is 0.511 e. The Labute approximate surface area is 334 Å². The summed E-state index contributed by atoms with van der Waals surface area (Å²) in [5, 5.41) is 29.1. The van der Waals surface area contributed by atoms with Crippen LogP contribution in [0, 0.1) is 11.7 Å². The zero-order valence-electron chi connectivity index (χ0n) is 30.0. The summed E-state index contributed by atoms with van der Waals surface area (Å²) in [5.41, 5.74) is -0.116. The molecule has 2 atom stereocenters. The Morgan fingerprint density at radius 1 is 1.02 bits per heavy atom. The summed E-state index contributed by atoms with van der Waals surface area (Å²) in [6, 6.07) is 3.07. The van der Waals surface area contributed by atoms with Crippen molar-refractivity contribution in [2.75, 3.05) is 29.7 Å². The molecule has 2 unspecified atom stereocenters. The van der Waals surface area contributed by atoms with Gasteiger partial charge in [0.15, 0.2) is 17.7 Å². The van der Waals surface area contributed by atoms with Gasteiger partial charge in [0.2, 0.25) is 20.0 Å². The number of aliphatic carboxylic acids is 1. The van der Waals surface area contributed by atoms with Gasteiger partial charge in [-0.1, -0.05) is 25.5 Å². The number of halogens is 1. The number of amides is 1. The van der Waals surface area contributed by atoms with Crippen LogP contribution in [0.15, 0.2) is 64.9 Å². The molecule has 19 nitrogen and oxygen atoms in total. The highest BCUT2D eigenvalue weighted by molar-refractivity contribution is 7.91. The Morgan fingerprint density at radius 3 is 2.21 bits per heavy atom. The van der Waals surface area contributed by atoms with Crippen LogP contribution in [-0.2, 0) is 69.3 Å². The van der Waals surface area contributed by atoms with Crippen molar-refractivity contribution < 1.29 is 57.9 Å². The smallest absolute Gasteiger partial charge is 0.329 e. The van der Waals surface area contributed by atoms with E-state index in [4.69, 9.17) is 0 Å². The second-order valence-corrected chi connectivity index (χ2v) is 21.8. The molecule has 5 N–H and O–H groups in total. The molecule has 1 amide bonds. The lowest BCUT2D eigenvalue weighted by Gasteiger charge is -2.34. The van der Waals surface area contributed by atoms with Gasteiger partial charge in [0.25, 0.3) is 26.0 Å². The number of anilines is 2. The van der Waals surface area contributed by atoms with Crippen LogP contribution in [0.4, 0.5) is 14.4 Å². The number of hydrogen-bond acceptors (Lipinski definition) is 15. The van der Waals surface area contributed by atoms with Crippen molar-refractivity contribution in [3.63, 3.8) is 0 Å². The van der Waals surface area contributed by atoms with Crippen LogP contribution in [0.5, 0.6) is 0 Å². The number of hydrogen-bond donors (Lipinski definition) is 5. The Hall–Kier alpha value is -4.31. The van der Waals surface area contributed by atoms with Crippen LogP contribution in [0.25, 0.3) is 0 Å². The predicted octanol–water partition coefficient (Wildman–Crippen LogP) is 2.21. The van der Waals surface area contributed by atoms with E-state index >= 15 is 0 Å². The zero-order valence-corrected chi connectivity index (χ0v) is 34.9. The highest BCUT2D eigenvalue weighted by atomic mass is 32.2. The van der Waals surface area contributed by atoms with Crippen molar-refractivity contribution >= 4 is 96.3 Å². The molecule has 0 spiro atoms. The summed E-state index contributed by atoms with van der Waals surface area (Å²) in [4.78, 5) is 27.0. The monoisotopic (exact) mass is 907 g/mol. The van der Waals surface area contributed by atoms with Gasteiger partial charge in [-0.2, -0.15) is 21.1 Å². The normalized spacial score (nSPS) is 19.6. The number of carboxylic acid groups (broad SMARTS) is 1. The summed E-state index contributed by atoms with van der Waals surface area (Å²) in [5.74, 6) is -5.47. The van der Waals surface area contributed by atoms with Crippen molar-refractivity contribution in [1.82, 2.24) is 13.9 Å². The minimum atomic E-state index is -4.80. The van der Waals surface area contributed by atoms with Gasteiger partial charge in [0, 0.05) is 43.2 Å². The summed E-state index contributed by atoms with van der Waals surface area (Å²) in [6.45, 7) is 0.565. The van der Waals surface area contributed by atoms with E-state index in [1.807, 2.05) is 6.92 Å². The summed E-state index contributed by atoms with van der Waals surface area (Å²) < 4.78 is 128. The number of aliphatic hydroxyl groups is 1. The first-order valence-corrected chi connectivity index (χ1v) is 24.9. The highest BCUT2D eigenvalue weighted by Crippen LogP contribution is 2.41. The number of sulfonamides is 4. The number of fused-ring (bicyclic) bond motifs is 2. The Bertz CT molecular complexity index is 2710. The van der Waals surface area contributed by atoms with Gasteiger partial charge in [-0.3, -0.25) is 4.79 Å². The number of carbonyl (C=O) groups excluding carboxylic acids is 1. The third kappa shape index (κ3) is 8.76. The van der Waals surface area contributed by atoms with Gasteiger partial charge in [-0.15, -0.1) is 31.5 Å². The molecule has 1 aromatic carbocycles. The molecule has 26 heteroatoms. The second-order valence-electron chi connectivity index (χ2n) is 13.2. The molecule has 0 saturated heterocycles. The first-order valence-electron chi connectivity index (χ1n) is 16.6. The number of carboxylic acids is 1. The van der Waals surface area contributed by atoms with E-state index in [0.717, 1.165) is 28.9 Å². The lowest BCUT2D eigenvalue weighted by Crippen LogP contribution is -2.52. The van der Waals surface area contributed by atoms with E-state index in [1.54, 1.807) is 0 Å². The fourth-order valence-corrected chi connectivity index (χ4v) is 13.0. The van der Waals surface area contributed by atoms with E-state index in [-0.39, 0.29) is 34.2 Å². The molecule has 0 saturated carbocycles. The van der Waals surface area contributed by atoms with Crippen molar-refractivity contribution in [2.45, 2.75) is 55.2 Å². The molecular weight excluding hydrogens is 874 g/mol. The maximum atomic E-state index is 13.9. The van der Waals surface area contributed by atoms with Crippen LogP contribution >= 0.6 is 22.7 Å². The van der Waals surface area contributed by atoms with Crippen molar-refractivity contribution in [3.05, 3.63) is 68.9 Å². The van der Waals surface area contributed by atoms with Crippen molar-refractivity contribution in [1.29, 1.82) is 0 Å². The van der Waals surface area contributed by atoms with Gasteiger partial charge in [0.1, 0.15) is 36.9 Å². The number of nitrogens with one attached hydrogen (secondary N) is 3. The first kappa shape index (κ1) is 42.3. The minimum absolute atomic E-state index is 0.00735. The molecule has 57 heavy (non-hydrogen) atoms. The fraction of sp³-hybridized carbons (Fsp3) is 0.355. The van der Waals surface area contributed by atoms with Crippen LogP contribution in [-0.4, -0.2) is 102 Å². The van der Waals surface area contributed by atoms with Crippen LogP contribution < -0.4 is 15.4 Å². The average molecular weight is 908 g/mol. The Kier molecular flexibility index (Phi) is 11.5. The quantitative estimate of drug-likeness (QED) is 0.155. The molecule has 308 valence electrons. The number of amidine groups is 2. The van der Waals surface area contributed by atoms with Crippen molar-refractivity contribution in [2.24, 2.45) is 14.7 Å². The number of benzene rings is 1. The summed E-state index contributed by atoms with van der Waals surface area (Å²) in [6.07, 6.45) is 2.50. The molecule has 5 heterocycles. The maximum absolute atomic E-state index is 13.9. The van der Waals surface area contributed by atoms with Gasteiger partial charge in [-0.25, -0.2) is 30.7 Å². The van der Waals surface area contributed by atoms with E-state index in [2.05, 4.69) is 24.2 Å². The third-order valence-electron chi connectivity index (χ3n) is 8.86. The topological polar surface area (TPSA) is 278 Å². The number of nitrogens with zero attached hydrogens (tertiary/aromatic N) is 4. The van der Waals surface area contributed by atoms with Gasteiger partial charge >= 0.3 is 5.97 Å². The van der Waals surface area contributed by atoms with E-state index in [9.17, 15) is 57.9 Å². The van der Waals surface area contributed by atoms with E-state index in [1.165, 1.54) is 39.9 Å². The molecular formula is C31H34FN7O12S6. The molecule has 3 aromatic rings. The average Bonchev–Trinajstić information content (AvgIpc) is 3.70. The Balaban J connectivity index is 1.33. The number of carbonyl (C=O) groups is 2. The van der Waals surface area contributed by atoms with Crippen LogP contribution in [0.3, 0.4) is 0 Å². The SMILES string of the molecule is CCCC1CN(Cc2ccc(F)cc2)C(=O)C(C2=NS(=O)(=O)c3c(CN(C(C(=O)O)C4=NS(=O)(=O)c5c(CNS(C)(=O)=O)csc5N4)S(C)(=O)=O)csc3N2)=C1O. The second kappa shape index (κ2) is 15.5. The lowest BCUT2D eigenvalue weighted by atomic mass is 9.91. The predicted molar refractivity (Wildman–Crippen MR) is 208 cm³/mol. The number of thiophene rings is 2. The van der Waals surface area contributed by atoms with Crippen molar-refractivity contribution in [3.8, 4) is 0 Å². The van der Waals surface area contributed by atoms with Crippen LogP contribution in [0.1, 0.15) is 36.5 Å². The summed E-state index contributed by atoms with van der Waals surface area (Å²) >= 11 is 1.52. The fourth-order valence-electron chi connectivity index (χ4n) is 6.38. The Morgan fingerprint density at radius 2 is 1.61 bits per heavy atom. The number of rotatable bonds is 14. The molecule has 0 aliphatic carbocycles. The van der Waals surface area contributed by atoms with Gasteiger partial charge in [0.05, 0.1) is 12.5 Å². The minimum Gasteiger partial charge on any atom is -0.511 e. The summed E-state index contributed by atoms with van der Waals surface area (Å²) in [7, 11) is -17.9.